The fraction of sp³-hybridized carbons (Fsp3) is 1.00. The highest BCUT2D eigenvalue weighted by Crippen LogP contribution is 1.98. The maximum Gasteiger partial charge on any atom is 0.0431 e. The molecule has 0 aliphatic carbocycles. The fourth-order valence-electron chi connectivity index (χ4n) is 1.38. The van der Waals surface area contributed by atoms with E-state index in [1.807, 2.05) is 0 Å². The van der Waals surface area contributed by atoms with Gasteiger partial charge in [-0.3, -0.25) is 0 Å². The van der Waals surface area contributed by atoms with Gasteiger partial charge in [0.05, 0.1) is 0 Å². The number of hydrogen-bond donors (Lipinski definition) is 3. The van der Waals surface area contributed by atoms with Crippen molar-refractivity contribution in [2.24, 2.45) is 0 Å². The zero-order valence-corrected chi connectivity index (χ0v) is 9.17. The second kappa shape index (κ2) is 12.9. The van der Waals surface area contributed by atoms with Crippen molar-refractivity contribution in [3.63, 3.8) is 0 Å². The van der Waals surface area contributed by atoms with Crippen molar-refractivity contribution in [3.05, 3.63) is 0 Å². The molecule has 0 aromatic heterocycles. The maximum absolute atomic E-state index is 8.55. The summed E-state index contributed by atoms with van der Waals surface area (Å²) in [6, 6.07) is 0. The van der Waals surface area contributed by atoms with Crippen LogP contribution in [0.1, 0.15) is 44.9 Å². The van der Waals surface area contributed by atoms with E-state index in [0.29, 0.717) is 13.2 Å². The quantitative estimate of drug-likeness (QED) is 0.444. The van der Waals surface area contributed by atoms with Crippen molar-refractivity contribution < 1.29 is 10.2 Å². The molecule has 0 aromatic carbocycles. The predicted octanol–water partition coefficient (Wildman–Crippen LogP) is 1.29. The van der Waals surface area contributed by atoms with Gasteiger partial charge in [-0.05, 0) is 45.2 Å². The van der Waals surface area contributed by atoms with Gasteiger partial charge in [-0.2, -0.15) is 0 Å². The lowest BCUT2D eigenvalue weighted by Gasteiger charge is -2.03. The van der Waals surface area contributed by atoms with Gasteiger partial charge in [-0.25, -0.2) is 0 Å². The van der Waals surface area contributed by atoms with Gasteiger partial charge in [0.1, 0.15) is 0 Å². The van der Waals surface area contributed by atoms with Gasteiger partial charge in [0.15, 0.2) is 0 Å². The lowest BCUT2D eigenvalue weighted by Crippen LogP contribution is -2.16. The normalized spacial score (nSPS) is 10.7. The molecule has 0 amide bonds. The Balaban J connectivity index is 2.78. The molecule has 0 rings (SSSR count). The molecule has 3 N–H and O–H groups in total. The van der Waals surface area contributed by atoms with E-state index in [2.05, 4.69) is 5.32 Å². The Morgan fingerprint density at radius 1 is 0.571 bits per heavy atom. The average Bonchev–Trinajstić information content (AvgIpc) is 2.21. The van der Waals surface area contributed by atoms with E-state index in [9.17, 15) is 0 Å². The summed E-state index contributed by atoms with van der Waals surface area (Å²) in [7, 11) is 0. The molecular weight excluding hydrogens is 178 g/mol. The van der Waals surface area contributed by atoms with Crippen LogP contribution in [0.3, 0.4) is 0 Å². The van der Waals surface area contributed by atoms with Crippen molar-refractivity contribution in [2.45, 2.75) is 44.9 Å². The second-order valence-corrected chi connectivity index (χ2v) is 3.67. The first-order valence-electron chi connectivity index (χ1n) is 5.84. The van der Waals surface area contributed by atoms with Crippen molar-refractivity contribution >= 4 is 0 Å². The second-order valence-electron chi connectivity index (χ2n) is 3.67. The van der Waals surface area contributed by atoms with Crippen molar-refractivity contribution in [2.75, 3.05) is 26.3 Å². The Morgan fingerprint density at radius 3 is 1.50 bits per heavy atom. The first-order valence-corrected chi connectivity index (χ1v) is 5.84. The standard InChI is InChI=1S/C11H25NO2/c13-10-6-2-1-4-8-12-9-5-3-7-11-14/h12-14H,1-11H2. The summed E-state index contributed by atoms with van der Waals surface area (Å²) in [5.74, 6) is 0. The van der Waals surface area contributed by atoms with E-state index < -0.39 is 0 Å². The minimum absolute atomic E-state index is 0.321. The molecule has 3 heteroatoms. The minimum Gasteiger partial charge on any atom is -0.396 e. The fourth-order valence-corrected chi connectivity index (χ4v) is 1.38. The van der Waals surface area contributed by atoms with Gasteiger partial charge in [-0.15, -0.1) is 0 Å². The third kappa shape index (κ3) is 11.9. The molecule has 3 nitrogen and oxygen atoms in total. The summed E-state index contributed by atoms with van der Waals surface area (Å²) in [4.78, 5) is 0. The molecular formula is C11H25NO2. The van der Waals surface area contributed by atoms with Crippen LogP contribution in [0.4, 0.5) is 0 Å². The van der Waals surface area contributed by atoms with Crippen LogP contribution in [0, 0.1) is 0 Å². The molecule has 0 fully saturated rings. The smallest absolute Gasteiger partial charge is 0.0431 e. The lowest BCUT2D eigenvalue weighted by atomic mass is 10.2. The molecule has 0 unspecified atom stereocenters. The maximum atomic E-state index is 8.55. The van der Waals surface area contributed by atoms with Gasteiger partial charge in [-0.1, -0.05) is 12.8 Å². The summed E-state index contributed by atoms with van der Waals surface area (Å²) in [5, 5.41) is 20.5. The Kier molecular flexibility index (Phi) is 12.8. The predicted molar refractivity (Wildman–Crippen MR) is 59.4 cm³/mol. The highest BCUT2D eigenvalue weighted by molar-refractivity contribution is 4.50. The first-order chi connectivity index (χ1) is 6.91. The van der Waals surface area contributed by atoms with Gasteiger partial charge in [0.2, 0.25) is 0 Å². The van der Waals surface area contributed by atoms with Gasteiger partial charge in [0.25, 0.3) is 0 Å². The SMILES string of the molecule is OCCCCCCNCCCCCO. The van der Waals surface area contributed by atoms with E-state index in [4.69, 9.17) is 10.2 Å². The van der Waals surface area contributed by atoms with Crippen LogP contribution in [0.25, 0.3) is 0 Å². The van der Waals surface area contributed by atoms with E-state index in [-0.39, 0.29) is 0 Å². The summed E-state index contributed by atoms with van der Waals surface area (Å²) in [5.41, 5.74) is 0. The van der Waals surface area contributed by atoms with E-state index >= 15 is 0 Å². The van der Waals surface area contributed by atoms with E-state index in [0.717, 1.165) is 45.2 Å². The number of aliphatic hydroxyl groups excluding tert-OH is 2. The molecule has 0 aliphatic rings. The van der Waals surface area contributed by atoms with Crippen molar-refractivity contribution in [1.29, 1.82) is 0 Å². The molecule has 0 bridgehead atoms. The zero-order valence-electron chi connectivity index (χ0n) is 9.17. The summed E-state index contributed by atoms with van der Waals surface area (Å²) in [6.07, 6.45) is 7.72. The van der Waals surface area contributed by atoms with Gasteiger partial charge >= 0.3 is 0 Å². The zero-order chi connectivity index (χ0) is 10.5. The number of unbranched alkanes of at least 4 members (excludes halogenated alkanes) is 5. The van der Waals surface area contributed by atoms with Gasteiger partial charge in [0, 0.05) is 13.2 Å². The third-order valence-corrected chi connectivity index (χ3v) is 2.27. The molecule has 0 saturated carbocycles. The van der Waals surface area contributed by atoms with E-state index in [1.165, 1.54) is 12.8 Å². The number of rotatable bonds is 11. The molecule has 0 aliphatic heterocycles. The molecule has 0 spiro atoms. The van der Waals surface area contributed by atoms with Crippen LogP contribution < -0.4 is 5.32 Å². The highest BCUT2D eigenvalue weighted by Gasteiger charge is 1.90. The monoisotopic (exact) mass is 203 g/mol. The molecule has 0 heterocycles. The minimum atomic E-state index is 0.321. The van der Waals surface area contributed by atoms with Gasteiger partial charge < -0.3 is 15.5 Å². The van der Waals surface area contributed by atoms with Crippen LogP contribution in [0.2, 0.25) is 0 Å². The first kappa shape index (κ1) is 13.9. The van der Waals surface area contributed by atoms with Crippen LogP contribution >= 0.6 is 0 Å². The van der Waals surface area contributed by atoms with Crippen LogP contribution in [0.5, 0.6) is 0 Å². The molecule has 0 aromatic rings. The molecule has 86 valence electrons. The highest BCUT2D eigenvalue weighted by atomic mass is 16.3. The van der Waals surface area contributed by atoms with Crippen LogP contribution in [0.15, 0.2) is 0 Å². The summed E-state index contributed by atoms with van der Waals surface area (Å²) in [6.45, 7) is 2.81. The molecule has 0 radical (unpaired) electrons. The summed E-state index contributed by atoms with van der Waals surface area (Å²) < 4.78 is 0. The number of hydrogen-bond acceptors (Lipinski definition) is 3. The largest absolute Gasteiger partial charge is 0.396 e. The van der Waals surface area contributed by atoms with Crippen molar-refractivity contribution in [3.8, 4) is 0 Å². The lowest BCUT2D eigenvalue weighted by molar-refractivity contribution is 0.281. The molecule has 0 atom stereocenters. The average molecular weight is 203 g/mol. The number of aliphatic hydroxyl groups is 2. The Bertz CT molecular complexity index is 87.3. The Labute approximate surface area is 87.5 Å². The topological polar surface area (TPSA) is 52.5 Å². The number of nitrogens with one attached hydrogen (secondary N) is 1. The van der Waals surface area contributed by atoms with Crippen LogP contribution in [-0.4, -0.2) is 36.5 Å². The third-order valence-electron chi connectivity index (χ3n) is 2.27. The Morgan fingerprint density at radius 2 is 1.00 bits per heavy atom. The van der Waals surface area contributed by atoms with Crippen LogP contribution in [-0.2, 0) is 0 Å². The van der Waals surface area contributed by atoms with E-state index in [1.54, 1.807) is 0 Å². The van der Waals surface area contributed by atoms with Crippen molar-refractivity contribution in [1.82, 2.24) is 5.32 Å². The molecule has 14 heavy (non-hydrogen) atoms. The molecule has 0 saturated heterocycles. The summed E-state index contributed by atoms with van der Waals surface area (Å²) >= 11 is 0. The Hall–Kier alpha value is -0.120.